The molecule has 0 aliphatic carbocycles. The summed E-state index contributed by atoms with van der Waals surface area (Å²) in [5.41, 5.74) is 6.25. The van der Waals surface area contributed by atoms with Gasteiger partial charge in [-0.15, -0.1) is 36.2 Å². The van der Waals surface area contributed by atoms with Gasteiger partial charge in [-0.2, -0.15) is 0 Å². The summed E-state index contributed by atoms with van der Waals surface area (Å²) in [5.74, 6) is 0.0540. The number of likely N-dealkylation sites (tertiary alicyclic amines) is 1. The number of hydrogen-bond donors (Lipinski definition) is 2. The minimum Gasteiger partial charge on any atom is -0.354 e. The fourth-order valence-corrected chi connectivity index (χ4v) is 3.89. The number of carbonyl (C=O) groups excluding carboxylic acids is 2. The molecule has 6 nitrogen and oxygen atoms in total. The van der Waals surface area contributed by atoms with Crippen LogP contribution in [0, 0.1) is 0 Å². The number of amides is 2. The highest BCUT2D eigenvalue weighted by atomic mass is 35.5. The minimum absolute atomic E-state index is 0. The zero-order valence-electron chi connectivity index (χ0n) is 16.3. The number of hydrogen-bond acceptors (Lipinski definition) is 5. The molecule has 2 heterocycles. The van der Waals surface area contributed by atoms with E-state index in [0.29, 0.717) is 25.9 Å². The van der Waals surface area contributed by atoms with Gasteiger partial charge in [0, 0.05) is 42.9 Å². The number of aromatic nitrogens is 1. The maximum atomic E-state index is 12.8. The van der Waals surface area contributed by atoms with E-state index < -0.39 is 0 Å². The summed E-state index contributed by atoms with van der Waals surface area (Å²) >= 11 is 1.61. The number of thiazole rings is 1. The van der Waals surface area contributed by atoms with Crippen molar-refractivity contribution in [2.75, 3.05) is 19.6 Å². The van der Waals surface area contributed by atoms with Gasteiger partial charge in [-0.1, -0.05) is 20.8 Å². The van der Waals surface area contributed by atoms with Gasteiger partial charge in [0.25, 0.3) is 0 Å². The summed E-state index contributed by atoms with van der Waals surface area (Å²) in [6, 6.07) is 0.0729. The summed E-state index contributed by atoms with van der Waals surface area (Å²) in [5, 5.41) is 5.94. The number of nitrogens with zero attached hydrogens (tertiary/aromatic N) is 2. The number of halogens is 2. The lowest BCUT2D eigenvalue weighted by atomic mass is 9.98. The van der Waals surface area contributed by atoms with Crippen LogP contribution in [0.2, 0.25) is 0 Å². The fraction of sp³-hybridized carbons (Fsp3) is 0.722. The Morgan fingerprint density at radius 2 is 2.04 bits per heavy atom. The average molecular weight is 439 g/mol. The number of nitrogens with one attached hydrogen (secondary N) is 1. The molecule has 1 fully saturated rings. The van der Waals surface area contributed by atoms with Crippen LogP contribution in [0.5, 0.6) is 0 Å². The van der Waals surface area contributed by atoms with Gasteiger partial charge >= 0.3 is 0 Å². The van der Waals surface area contributed by atoms with E-state index in [4.69, 9.17) is 5.73 Å². The monoisotopic (exact) mass is 438 g/mol. The summed E-state index contributed by atoms with van der Waals surface area (Å²) in [6.45, 7) is 7.99. The first-order chi connectivity index (χ1) is 11.8. The molecule has 1 saturated heterocycles. The van der Waals surface area contributed by atoms with Crippen LogP contribution < -0.4 is 11.1 Å². The molecule has 2 rings (SSSR count). The van der Waals surface area contributed by atoms with Crippen LogP contribution >= 0.6 is 36.2 Å². The molecule has 1 unspecified atom stereocenters. The molecule has 9 heteroatoms. The van der Waals surface area contributed by atoms with Crippen molar-refractivity contribution >= 4 is 48.0 Å². The molecule has 156 valence electrons. The third-order valence-electron chi connectivity index (χ3n) is 4.38. The number of piperidine rings is 1. The number of carbonyl (C=O) groups is 2. The molecular weight excluding hydrogens is 407 g/mol. The van der Waals surface area contributed by atoms with Crippen LogP contribution in [0.4, 0.5) is 0 Å². The fourth-order valence-electron chi connectivity index (χ4n) is 2.98. The lowest BCUT2D eigenvalue weighted by Gasteiger charge is -2.36. The summed E-state index contributed by atoms with van der Waals surface area (Å²) in [6.07, 6.45) is 3.70. The van der Waals surface area contributed by atoms with Gasteiger partial charge < -0.3 is 16.0 Å². The quantitative estimate of drug-likeness (QED) is 0.714. The predicted octanol–water partition coefficient (Wildman–Crippen LogP) is 2.67. The second-order valence-corrected chi connectivity index (χ2v) is 8.51. The predicted molar refractivity (Wildman–Crippen MR) is 115 cm³/mol. The smallest absolute Gasteiger partial charge is 0.228 e. The molecule has 27 heavy (non-hydrogen) atoms. The maximum absolute atomic E-state index is 12.8. The Labute approximate surface area is 178 Å². The van der Waals surface area contributed by atoms with Crippen LogP contribution in [-0.4, -0.2) is 47.4 Å². The second-order valence-electron chi connectivity index (χ2n) is 7.65. The maximum Gasteiger partial charge on any atom is 0.228 e. The van der Waals surface area contributed by atoms with Crippen molar-refractivity contribution in [3.05, 3.63) is 16.1 Å². The average Bonchev–Trinajstić information content (AvgIpc) is 3.02. The number of rotatable bonds is 6. The van der Waals surface area contributed by atoms with E-state index in [1.807, 2.05) is 10.3 Å². The highest BCUT2D eigenvalue weighted by Gasteiger charge is 2.28. The van der Waals surface area contributed by atoms with E-state index in [1.165, 1.54) is 0 Å². The van der Waals surface area contributed by atoms with Gasteiger partial charge in [0.05, 0.1) is 17.1 Å². The standard InChI is InChI=1S/C18H30N4O2S.2ClH/c1-18(2,3)17-21-13(12-25-17)10-16(24)22-9-5-4-6-14(22)11-20-15(23)7-8-19;;/h12,14H,4-11,19H2,1-3H3,(H,20,23);2*1H. The second kappa shape index (κ2) is 11.8. The van der Waals surface area contributed by atoms with E-state index in [2.05, 4.69) is 31.1 Å². The molecule has 0 saturated carbocycles. The van der Waals surface area contributed by atoms with E-state index in [0.717, 1.165) is 36.5 Å². The van der Waals surface area contributed by atoms with Gasteiger partial charge in [-0.3, -0.25) is 9.59 Å². The first-order valence-electron chi connectivity index (χ1n) is 9.02. The van der Waals surface area contributed by atoms with Gasteiger partial charge in [0.1, 0.15) is 0 Å². The first-order valence-corrected chi connectivity index (χ1v) is 9.90. The van der Waals surface area contributed by atoms with Crippen LogP contribution in [0.25, 0.3) is 0 Å². The van der Waals surface area contributed by atoms with Crippen molar-refractivity contribution in [2.24, 2.45) is 5.73 Å². The van der Waals surface area contributed by atoms with Crippen molar-refractivity contribution < 1.29 is 9.59 Å². The Kier molecular flexibility index (Phi) is 11.5. The molecule has 1 aliphatic heterocycles. The highest BCUT2D eigenvalue weighted by Crippen LogP contribution is 2.26. The van der Waals surface area contributed by atoms with Crippen molar-refractivity contribution in [2.45, 2.75) is 64.3 Å². The van der Waals surface area contributed by atoms with Crippen molar-refractivity contribution in [1.82, 2.24) is 15.2 Å². The Balaban J connectivity index is 0.00000338. The topological polar surface area (TPSA) is 88.3 Å². The van der Waals surface area contributed by atoms with Gasteiger partial charge in [-0.05, 0) is 19.3 Å². The molecule has 0 bridgehead atoms. The van der Waals surface area contributed by atoms with Gasteiger partial charge in [-0.25, -0.2) is 4.98 Å². The van der Waals surface area contributed by atoms with Gasteiger partial charge in [0.15, 0.2) is 0 Å². The van der Waals surface area contributed by atoms with E-state index >= 15 is 0 Å². The summed E-state index contributed by atoms with van der Waals surface area (Å²) in [4.78, 5) is 31.0. The Morgan fingerprint density at radius 1 is 1.33 bits per heavy atom. The molecule has 1 aliphatic rings. The van der Waals surface area contributed by atoms with Crippen molar-refractivity contribution in [3.8, 4) is 0 Å². The first kappa shape index (κ1) is 26.1. The van der Waals surface area contributed by atoms with E-state index in [1.54, 1.807) is 11.3 Å². The highest BCUT2D eigenvalue weighted by molar-refractivity contribution is 7.09. The third kappa shape index (κ3) is 7.94. The Hall–Kier alpha value is -0.890. The lowest BCUT2D eigenvalue weighted by molar-refractivity contribution is -0.134. The molecule has 0 aromatic carbocycles. The Bertz CT molecular complexity index is 604. The summed E-state index contributed by atoms with van der Waals surface area (Å²) in [7, 11) is 0. The van der Waals surface area contributed by atoms with E-state index in [-0.39, 0.29) is 48.1 Å². The molecule has 1 aromatic rings. The van der Waals surface area contributed by atoms with Crippen molar-refractivity contribution in [3.63, 3.8) is 0 Å². The largest absolute Gasteiger partial charge is 0.354 e. The third-order valence-corrected chi connectivity index (χ3v) is 5.70. The zero-order valence-corrected chi connectivity index (χ0v) is 18.8. The molecule has 0 spiro atoms. The molecule has 1 atom stereocenters. The van der Waals surface area contributed by atoms with Crippen molar-refractivity contribution in [1.29, 1.82) is 0 Å². The molecule has 1 aromatic heterocycles. The molecule has 2 amide bonds. The van der Waals surface area contributed by atoms with Gasteiger partial charge in [0.2, 0.25) is 11.8 Å². The SMILES string of the molecule is CC(C)(C)c1nc(CC(=O)N2CCCCC2CNC(=O)CCN)cs1.Cl.Cl. The molecule has 0 radical (unpaired) electrons. The van der Waals surface area contributed by atoms with Crippen LogP contribution in [0.15, 0.2) is 5.38 Å². The van der Waals surface area contributed by atoms with Crippen LogP contribution in [-0.2, 0) is 21.4 Å². The van der Waals surface area contributed by atoms with Crippen LogP contribution in [0.1, 0.15) is 57.2 Å². The molecular formula is C18H32Cl2N4O2S. The minimum atomic E-state index is -0.0465. The zero-order chi connectivity index (χ0) is 18.4. The molecule has 3 N–H and O–H groups in total. The summed E-state index contributed by atoms with van der Waals surface area (Å²) < 4.78 is 0. The van der Waals surface area contributed by atoms with E-state index in [9.17, 15) is 9.59 Å². The lowest BCUT2D eigenvalue weighted by Crippen LogP contribution is -2.50. The normalized spacial score (nSPS) is 16.9. The van der Waals surface area contributed by atoms with Crippen LogP contribution in [0.3, 0.4) is 0 Å². The Morgan fingerprint density at radius 3 is 2.63 bits per heavy atom. The number of nitrogens with two attached hydrogens (primary N) is 1.